The number of carbonyl (C=O) groups is 2. The highest BCUT2D eigenvalue weighted by Gasteiger charge is 2.18. The van der Waals surface area contributed by atoms with Crippen molar-refractivity contribution in [2.24, 2.45) is 0 Å². The predicted molar refractivity (Wildman–Crippen MR) is 356 cm³/mol. The third kappa shape index (κ3) is 66.8. The van der Waals surface area contributed by atoms with Gasteiger partial charge in [-0.05, 0) is 89.9 Å². The van der Waals surface area contributed by atoms with Crippen molar-refractivity contribution in [2.45, 2.75) is 405 Å². The first-order chi connectivity index (χ1) is 40.0. The molecule has 0 spiro atoms. The van der Waals surface area contributed by atoms with Gasteiger partial charge >= 0.3 is 5.97 Å². The van der Waals surface area contributed by atoms with E-state index in [-0.39, 0.29) is 18.5 Å². The van der Waals surface area contributed by atoms with E-state index < -0.39 is 12.1 Å². The minimum Gasteiger partial charge on any atom is -0.466 e. The first kappa shape index (κ1) is 78.8. The van der Waals surface area contributed by atoms with Crippen molar-refractivity contribution in [3.8, 4) is 0 Å². The minimum atomic E-state index is -0.842. The topological polar surface area (TPSA) is 95.9 Å². The fourth-order valence-electron chi connectivity index (χ4n) is 11.3. The number of hydrogen-bond acceptors (Lipinski definition) is 5. The number of nitrogens with one attached hydrogen (secondary N) is 1. The largest absolute Gasteiger partial charge is 0.466 e. The zero-order valence-electron chi connectivity index (χ0n) is 54.5. The van der Waals surface area contributed by atoms with Crippen LogP contribution in [0.2, 0.25) is 0 Å². The first-order valence-electron chi connectivity index (χ1n) is 36.4. The van der Waals surface area contributed by atoms with Crippen LogP contribution in [0.4, 0.5) is 0 Å². The molecule has 0 aliphatic heterocycles. The van der Waals surface area contributed by atoms with Crippen molar-refractivity contribution >= 4 is 11.9 Å². The van der Waals surface area contributed by atoms with Gasteiger partial charge in [0.1, 0.15) is 0 Å². The fraction of sp³-hybridized carbons (Fsp3) is 0.867. The number of ether oxygens (including phenoxy) is 1. The van der Waals surface area contributed by atoms with E-state index in [1.54, 1.807) is 6.08 Å². The lowest BCUT2D eigenvalue weighted by atomic mass is 10.0. The highest BCUT2D eigenvalue weighted by molar-refractivity contribution is 5.76. The SMILES string of the molecule is CCCCC/C=C\C/C=C\CCCCCCCCCCCC(=O)OCCCCCCCCCCCCCC/C=C\CCCCCCCCCCCCCCCCCCC(=O)NC(CO)C(O)/C=C/CCCCCCCCCCCCC. The summed E-state index contributed by atoms with van der Waals surface area (Å²) in [5.41, 5.74) is 0. The van der Waals surface area contributed by atoms with Crippen LogP contribution in [0.5, 0.6) is 0 Å². The number of aliphatic hydroxyl groups is 2. The lowest BCUT2D eigenvalue weighted by Gasteiger charge is -2.20. The second-order valence-electron chi connectivity index (χ2n) is 24.9. The van der Waals surface area contributed by atoms with Crippen LogP contribution in [-0.2, 0) is 14.3 Å². The summed E-state index contributed by atoms with van der Waals surface area (Å²) >= 11 is 0. The molecule has 0 aromatic heterocycles. The Morgan fingerprint density at radius 3 is 0.975 bits per heavy atom. The third-order valence-electron chi connectivity index (χ3n) is 16.8. The predicted octanol–water partition coefficient (Wildman–Crippen LogP) is 23.6. The maximum absolute atomic E-state index is 12.5. The molecule has 0 aromatic carbocycles. The maximum Gasteiger partial charge on any atom is 0.305 e. The van der Waals surface area contributed by atoms with E-state index in [1.807, 2.05) is 6.08 Å². The smallest absolute Gasteiger partial charge is 0.305 e. The van der Waals surface area contributed by atoms with Crippen LogP contribution in [0, 0.1) is 0 Å². The summed E-state index contributed by atoms with van der Waals surface area (Å²) in [6.45, 7) is 4.90. The zero-order valence-corrected chi connectivity index (χ0v) is 54.5. The molecule has 6 heteroatoms. The fourth-order valence-corrected chi connectivity index (χ4v) is 11.3. The first-order valence-corrected chi connectivity index (χ1v) is 36.4. The molecule has 0 bridgehead atoms. The standard InChI is InChI=1S/C75H141NO5/c1-3-5-7-9-11-13-15-17-18-19-34-38-41-45-49-53-57-61-65-69-75(80)81-70-66-62-58-54-50-46-42-39-36-33-31-29-27-25-23-21-20-22-24-26-28-30-32-35-37-40-44-48-52-56-60-64-68-74(79)76-72(71-77)73(78)67-63-59-55-51-47-43-16-14-12-10-8-6-4-2/h11,13,17-18,23,25,63,67,72-73,77-78H,3-10,12,14-16,19-22,24,26-62,64-66,68-71H2,1-2H3,(H,76,79)/b13-11-,18-17-,25-23-,67-63+. The Labute approximate surface area is 506 Å². The van der Waals surface area contributed by atoms with E-state index in [0.29, 0.717) is 19.4 Å². The second-order valence-corrected chi connectivity index (χ2v) is 24.9. The second kappa shape index (κ2) is 70.3. The number of rotatable bonds is 68. The van der Waals surface area contributed by atoms with Gasteiger partial charge in [0.2, 0.25) is 5.91 Å². The van der Waals surface area contributed by atoms with E-state index in [9.17, 15) is 19.8 Å². The van der Waals surface area contributed by atoms with Crippen molar-refractivity contribution in [2.75, 3.05) is 13.2 Å². The van der Waals surface area contributed by atoms with Gasteiger partial charge in [-0.3, -0.25) is 9.59 Å². The van der Waals surface area contributed by atoms with Gasteiger partial charge in [0.15, 0.2) is 0 Å². The maximum atomic E-state index is 12.5. The molecule has 2 atom stereocenters. The number of esters is 1. The minimum absolute atomic E-state index is 0.0143. The van der Waals surface area contributed by atoms with Gasteiger partial charge < -0.3 is 20.3 Å². The Balaban J connectivity index is 3.35. The number of carbonyl (C=O) groups excluding carboxylic acids is 2. The molecule has 0 aliphatic carbocycles. The van der Waals surface area contributed by atoms with Crippen LogP contribution in [0.1, 0.15) is 393 Å². The van der Waals surface area contributed by atoms with Gasteiger partial charge in [-0.15, -0.1) is 0 Å². The third-order valence-corrected chi connectivity index (χ3v) is 16.8. The average molecular weight is 1140 g/mol. The van der Waals surface area contributed by atoms with Crippen LogP contribution >= 0.6 is 0 Å². The van der Waals surface area contributed by atoms with Crippen LogP contribution in [0.25, 0.3) is 0 Å². The number of amides is 1. The van der Waals surface area contributed by atoms with Crippen LogP contribution in [0.15, 0.2) is 48.6 Å². The van der Waals surface area contributed by atoms with Crippen molar-refractivity contribution in [3.63, 3.8) is 0 Å². The lowest BCUT2D eigenvalue weighted by Crippen LogP contribution is -2.45. The average Bonchev–Trinajstić information content (AvgIpc) is 3.47. The molecule has 1 amide bonds. The number of hydrogen-bond donors (Lipinski definition) is 3. The van der Waals surface area contributed by atoms with E-state index in [4.69, 9.17) is 4.74 Å². The molecule has 0 fully saturated rings. The molecule has 2 unspecified atom stereocenters. The Kier molecular flexibility index (Phi) is 68.4. The number of allylic oxidation sites excluding steroid dienone is 7. The molecule has 0 radical (unpaired) electrons. The van der Waals surface area contributed by atoms with Crippen molar-refractivity contribution < 1.29 is 24.5 Å². The summed E-state index contributed by atoms with van der Waals surface area (Å²) in [6, 6.07) is -0.625. The molecule has 0 aromatic rings. The summed E-state index contributed by atoms with van der Waals surface area (Å²) in [5.74, 6) is -0.0500. The molecular weight excluding hydrogens is 995 g/mol. The summed E-state index contributed by atoms with van der Waals surface area (Å²) in [5, 5.41) is 23.1. The summed E-state index contributed by atoms with van der Waals surface area (Å²) < 4.78 is 5.51. The monoisotopic (exact) mass is 1140 g/mol. The highest BCUT2D eigenvalue weighted by Crippen LogP contribution is 2.18. The number of aliphatic hydroxyl groups excluding tert-OH is 2. The molecule has 0 aliphatic rings. The zero-order chi connectivity index (χ0) is 58.5. The molecule has 0 saturated heterocycles. The Morgan fingerprint density at radius 1 is 0.346 bits per heavy atom. The Hall–Kier alpha value is -2.18. The number of unbranched alkanes of at least 4 members (excludes halogenated alkanes) is 51. The van der Waals surface area contributed by atoms with Gasteiger partial charge in [0.05, 0.1) is 25.4 Å². The molecule has 476 valence electrons. The molecule has 6 nitrogen and oxygen atoms in total. The van der Waals surface area contributed by atoms with Gasteiger partial charge in [-0.2, -0.15) is 0 Å². The van der Waals surface area contributed by atoms with Crippen LogP contribution in [0.3, 0.4) is 0 Å². The van der Waals surface area contributed by atoms with Gasteiger partial charge in [-0.25, -0.2) is 0 Å². The van der Waals surface area contributed by atoms with E-state index in [0.717, 1.165) is 51.4 Å². The molecular formula is C75H141NO5. The Bertz CT molecular complexity index is 1360. The van der Waals surface area contributed by atoms with E-state index in [1.165, 1.54) is 315 Å². The normalized spacial score (nSPS) is 12.8. The molecule has 3 N–H and O–H groups in total. The molecule has 0 heterocycles. The van der Waals surface area contributed by atoms with Gasteiger partial charge in [-0.1, -0.05) is 339 Å². The van der Waals surface area contributed by atoms with E-state index in [2.05, 4.69) is 55.6 Å². The summed E-state index contributed by atoms with van der Waals surface area (Å²) in [4.78, 5) is 24.6. The van der Waals surface area contributed by atoms with Crippen molar-refractivity contribution in [3.05, 3.63) is 48.6 Å². The van der Waals surface area contributed by atoms with E-state index >= 15 is 0 Å². The molecule has 81 heavy (non-hydrogen) atoms. The van der Waals surface area contributed by atoms with Crippen molar-refractivity contribution in [1.82, 2.24) is 5.32 Å². The van der Waals surface area contributed by atoms with Gasteiger partial charge in [0, 0.05) is 12.8 Å². The highest BCUT2D eigenvalue weighted by atomic mass is 16.5. The lowest BCUT2D eigenvalue weighted by molar-refractivity contribution is -0.143. The van der Waals surface area contributed by atoms with Crippen LogP contribution in [-0.4, -0.2) is 47.4 Å². The summed E-state index contributed by atoms with van der Waals surface area (Å²) in [7, 11) is 0. The summed E-state index contributed by atoms with van der Waals surface area (Å²) in [6.07, 6.45) is 92.1. The quantitative estimate of drug-likeness (QED) is 0.0320. The van der Waals surface area contributed by atoms with Gasteiger partial charge in [0.25, 0.3) is 0 Å². The molecule has 0 rings (SSSR count). The van der Waals surface area contributed by atoms with Crippen LogP contribution < -0.4 is 5.32 Å². The van der Waals surface area contributed by atoms with Crippen molar-refractivity contribution in [1.29, 1.82) is 0 Å². The Morgan fingerprint density at radius 2 is 0.617 bits per heavy atom. The molecule has 0 saturated carbocycles.